The van der Waals surface area contributed by atoms with Crippen LogP contribution in [0.15, 0.2) is 60.7 Å². The molecular weight excluding hydrogens is 396 g/mol. The minimum Gasteiger partial charge on any atom is -0.354 e. The smallest absolute Gasteiger partial charge is 0.252 e. The predicted molar refractivity (Wildman–Crippen MR) is 131 cm³/mol. The zero-order chi connectivity index (χ0) is 22.5. The minimum atomic E-state index is -0.950. The molecule has 32 heavy (non-hydrogen) atoms. The van der Waals surface area contributed by atoms with Crippen molar-refractivity contribution >= 4 is 11.8 Å². The van der Waals surface area contributed by atoms with E-state index in [1.165, 1.54) is 38.5 Å². The Morgan fingerprint density at radius 3 is 1.91 bits per heavy atom. The Balaban J connectivity index is 1.84. The topological polar surface area (TPSA) is 58.2 Å². The lowest BCUT2D eigenvalue weighted by atomic mass is 9.83. The van der Waals surface area contributed by atoms with Crippen molar-refractivity contribution in [3.8, 4) is 0 Å². The number of amides is 2. The third-order valence-corrected chi connectivity index (χ3v) is 6.49. The van der Waals surface area contributed by atoms with E-state index in [1.807, 2.05) is 48.5 Å². The van der Waals surface area contributed by atoms with Crippen molar-refractivity contribution in [2.45, 2.75) is 82.6 Å². The molecule has 1 saturated heterocycles. The van der Waals surface area contributed by atoms with Crippen molar-refractivity contribution in [3.63, 3.8) is 0 Å². The average Bonchev–Trinajstić information content (AvgIpc) is 2.83. The molecule has 1 aliphatic heterocycles. The largest absolute Gasteiger partial charge is 0.354 e. The second-order valence-corrected chi connectivity index (χ2v) is 9.11. The quantitative estimate of drug-likeness (QED) is 0.637. The monoisotopic (exact) mass is 434 g/mol. The Labute approximate surface area is 193 Å². The second-order valence-electron chi connectivity index (χ2n) is 9.11. The molecule has 0 saturated carbocycles. The molecule has 0 spiro atoms. The number of rotatable bonds is 4. The zero-order valence-corrected chi connectivity index (χ0v) is 19.3. The maximum absolute atomic E-state index is 13.6. The summed E-state index contributed by atoms with van der Waals surface area (Å²) in [6, 6.07) is 19.3. The van der Waals surface area contributed by atoms with Gasteiger partial charge in [0.2, 0.25) is 5.91 Å². The summed E-state index contributed by atoms with van der Waals surface area (Å²) in [6.07, 6.45) is 12.9. The second kappa shape index (κ2) is 13.0. The number of carbonyl (C=O) groups is 2. The highest BCUT2D eigenvalue weighted by atomic mass is 16.2. The summed E-state index contributed by atoms with van der Waals surface area (Å²) in [6.45, 7) is 0.663. The molecule has 1 heterocycles. The summed E-state index contributed by atoms with van der Waals surface area (Å²) >= 11 is 0. The van der Waals surface area contributed by atoms with Crippen molar-refractivity contribution in [3.05, 3.63) is 71.8 Å². The van der Waals surface area contributed by atoms with Crippen molar-refractivity contribution in [1.29, 1.82) is 0 Å². The van der Waals surface area contributed by atoms with Gasteiger partial charge in [-0.3, -0.25) is 9.59 Å². The van der Waals surface area contributed by atoms with Crippen LogP contribution in [0.2, 0.25) is 0 Å². The number of carbonyl (C=O) groups excluding carboxylic acids is 2. The Morgan fingerprint density at radius 1 is 0.750 bits per heavy atom. The van der Waals surface area contributed by atoms with E-state index in [0.29, 0.717) is 24.9 Å². The molecule has 1 fully saturated rings. The van der Waals surface area contributed by atoms with Crippen molar-refractivity contribution in [2.24, 2.45) is 0 Å². The van der Waals surface area contributed by atoms with Gasteiger partial charge in [0.15, 0.2) is 0 Å². The summed E-state index contributed by atoms with van der Waals surface area (Å²) in [7, 11) is 0. The summed E-state index contributed by atoms with van der Waals surface area (Å²) in [5.74, 6) is -0.241. The average molecular weight is 435 g/mol. The van der Waals surface area contributed by atoms with Gasteiger partial charge in [0.1, 0.15) is 5.54 Å². The molecule has 1 aliphatic rings. The number of nitrogens with one attached hydrogen (secondary N) is 2. The van der Waals surface area contributed by atoms with Gasteiger partial charge < -0.3 is 10.6 Å². The molecule has 2 aromatic carbocycles. The molecule has 2 amide bonds. The van der Waals surface area contributed by atoms with Crippen LogP contribution in [-0.2, 0) is 11.2 Å². The van der Waals surface area contributed by atoms with E-state index in [-0.39, 0.29) is 11.8 Å². The van der Waals surface area contributed by atoms with Crippen LogP contribution >= 0.6 is 0 Å². The van der Waals surface area contributed by atoms with Crippen molar-refractivity contribution in [2.75, 3.05) is 6.54 Å². The van der Waals surface area contributed by atoms with E-state index in [1.54, 1.807) is 12.1 Å². The Hall–Kier alpha value is -2.62. The predicted octanol–water partition coefficient (Wildman–Crippen LogP) is 5.82. The highest BCUT2D eigenvalue weighted by Crippen LogP contribution is 2.24. The third kappa shape index (κ3) is 7.51. The fourth-order valence-corrected chi connectivity index (χ4v) is 4.61. The first-order chi connectivity index (χ1) is 15.7. The number of benzene rings is 2. The molecule has 4 heteroatoms. The van der Waals surface area contributed by atoms with Gasteiger partial charge in [0.05, 0.1) is 0 Å². The van der Waals surface area contributed by atoms with Crippen LogP contribution in [0.4, 0.5) is 0 Å². The van der Waals surface area contributed by atoms with Gasteiger partial charge in [-0.2, -0.15) is 0 Å². The third-order valence-electron chi connectivity index (χ3n) is 6.49. The Morgan fingerprint density at radius 2 is 1.28 bits per heavy atom. The molecule has 4 nitrogen and oxygen atoms in total. The fraction of sp³-hybridized carbons (Fsp3) is 0.500. The standard InChI is InChI=1S/C28H38N2O2/c31-26(25-19-13-10-14-20-25)30-28(23-24-17-11-9-12-18-24)21-15-7-5-3-1-2-4-6-8-16-22-29-27(28)32/h9-14,17-20H,1-8,15-16,21-23H2,(H,29,32)(H,30,31). The van der Waals surface area contributed by atoms with E-state index in [9.17, 15) is 9.59 Å². The first-order valence-corrected chi connectivity index (χ1v) is 12.4. The molecule has 1 atom stereocenters. The molecular formula is C28H38N2O2. The molecule has 3 rings (SSSR count). The normalized spacial score (nSPS) is 21.6. The van der Waals surface area contributed by atoms with E-state index < -0.39 is 5.54 Å². The van der Waals surface area contributed by atoms with Gasteiger partial charge in [-0.1, -0.05) is 106 Å². The van der Waals surface area contributed by atoms with Crippen LogP contribution in [0.1, 0.15) is 86.6 Å². The molecule has 2 N–H and O–H groups in total. The first kappa shape index (κ1) is 24.0. The van der Waals surface area contributed by atoms with E-state index in [4.69, 9.17) is 0 Å². The van der Waals surface area contributed by atoms with Crippen LogP contribution in [0.5, 0.6) is 0 Å². The maximum Gasteiger partial charge on any atom is 0.252 e. The molecule has 0 aromatic heterocycles. The van der Waals surface area contributed by atoms with Crippen molar-refractivity contribution < 1.29 is 9.59 Å². The SMILES string of the molecule is O=C(NC1(Cc2ccccc2)CCCCCCCCCCCCNC1=O)c1ccccc1. The van der Waals surface area contributed by atoms with Crippen LogP contribution in [0, 0.1) is 0 Å². The van der Waals surface area contributed by atoms with Gasteiger partial charge >= 0.3 is 0 Å². The fourth-order valence-electron chi connectivity index (χ4n) is 4.61. The zero-order valence-electron chi connectivity index (χ0n) is 19.3. The van der Waals surface area contributed by atoms with Crippen LogP contribution < -0.4 is 10.6 Å². The van der Waals surface area contributed by atoms with Crippen LogP contribution in [0.25, 0.3) is 0 Å². The van der Waals surface area contributed by atoms with Gasteiger partial charge in [-0.05, 0) is 30.5 Å². The van der Waals surface area contributed by atoms with E-state index >= 15 is 0 Å². The molecule has 1 unspecified atom stereocenters. The van der Waals surface area contributed by atoms with Gasteiger partial charge in [0.25, 0.3) is 5.91 Å². The van der Waals surface area contributed by atoms with Crippen LogP contribution in [-0.4, -0.2) is 23.9 Å². The molecule has 172 valence electrons. The Bertz CT molecular complexity index is 822. The minimum absolute atomic E-state index is 0.0551. The molecule has 0 aliphatic carbocycles. The maximum atomic E-state index is 13.6. The highest BCUT2D eigenvalue weighted by Gasteiger charge is 2.39. The number of hydrogen-bond acceptors (Lipinski definition) is 2. The molecule has 2 aromatic rings. The van der Waals surface area contributed by atoms with Gasteiger partial charge in [-0.15, -0.1) is 0 Å². The first-order valence-electron chi connectivity index (χ1n) is 12.4. The summed E-state index contributed by atoms with van der Waals surface area (Å²) in [5.41, 5.74) is 0.701. The lowest BCUT2D eigenvalue weighted by Gasteiger charge is -2.34. The summed E-state index contributed by atoms with van der Waals surface area (Å²) < 4.78 is 0. The Kier molecular flexibility index (Phi) is 9.80. The highest BCUT2D eigenvalue weighted by molar-refractivity contribution is 5.99. The molecule has 0 bridgehead atoms. The van der Waals surface area contributed by atoms with Crippen LogP contribution in [0.3, 0.4) is 0 Å². The lowest BCUT2D eigenvalue weighted by molar-refractivity contribution is -0.127. The van der Waals surface area contributed by atoms with Gasteiger partial charge in [0, 0.05) is 18.5 Å². The van der Waals surface area contributed by atoms with Gasteiger partial charge in [-0.25, -0.2) is 0 Å². The number of hydrogen-bond donors (Lipinski definition) is 2. The van der Waals surface area contributed by atoms with E-state index in [2.05, 4.69) is 10.6 Å². The molecule has 0 radical (unpaired) electrons. The summed E-state index contributed by atoms with van der Waals surface area (Å²) in [5, 5.41) is 6.35. The summed E-state index contributed by atoms with van der Waals surface area (Å²) in [4.78, 5) is 26.8. The lowest BCUT2D eigenvalue weighted by Crippen LogP contribution is -2.60. The van der Waals surface area contributed by atoms with Crippen molar-refractivity contribution in [1.82, 2.24) is 10.6 Å². The van der Waals surface area contributed by atoms with E-state index in [0.717, 1.165) is 31.2 Å².